The summed E-state index contributed by atoms with van der Waals surface area (Å²) in [7, 11) is 0. The molecule has 0 amide bonds. The van der Waals surface area contributed by atoms with Crippen LogP contribution in [0.2, 0.25) is 0 Å². The van der Waals surface area contributed by atoms with Gasteiger partial charge in [-0.05, 0) is 19.4 Å². The number of fused-ring (bicyclic) bond motifs is 1. The van der Waals surface area contributed by atoms with Gasteiger partial charge in [0.05, 0.1) is 6.61 Å². The molecule has 0 bridgehead atoms. The summed E-state index contributed by atoms with van der Waals surface area (Å²) in [6, 6.07) is 8.08. The van der Waals surface area contributed by atoms with Crippen LogP contribution < -0.4 is 4.74 Å². The molecule has 0 N–H and O–H groups in total. The second-order valence-electron chi connectivity index (χ2n) is 3.79. The Kier molecular flexibility index (Phi) is 2.53. The molecule has 1 unspecified atom stereocenters. The zero-order chi connectivity index (χ0) is 9.97. The number of carbonyl (C=O) groups excluding carboxylic acids is 1. The standard InChI is InChI=1S/C12H14O2/c1-9(13)6-7-10-8-14-12-5-3-2-4-11(10)12/h2-5,10H,6-8H2,1H3. The first-order valence-corrected chi connectivity index (χ1v) is 4.98. The van der Waals surface area contributed by atoms with Gasteiger partial charge < -0.3 is 9.53 Å². The molecule has 1 aliphatic heterocycles. The molecule has 2 heteroatoms. The van der Waals surface area contributed by atoms with Crippen molar-refractivity contribution in [2.75, 3.05) is 6.61 Å². The van der Waals surface area contributed by atoms with Crippen LogP contribution in [0.1, 0.15) is 31.2 Å². The Balaban J connectivity index is 2.07. The van der Waals surface area contributed by atoms with Crippen LogP contribution in [0.25, 0.3) is 0 Å². The Labute approximate surface area is 83.9 Å². The minimum Gasteiger partial charge on any atom is -0.493 e. The van der Waals surface area contributed by atoms with Crippen LogP contribution >= 0.6 is 0 Å². The first-order valence-electron chi connectivity index (χ1n) is 4.98. The van der Waals surface area contributed by atoms with Crippen LogP contribution in [0.4, 0.5) is 0 Å². The van der Waals surface area contributed by atoms with Crippen molar-refractivity contribution in [3.63, 3.8) is 0 Å². The van der Waals surface area contributed by atoms with E-state index in [1.807, 2.05) is 18.2 Å². The van der Waals surface area contributed by atoms with E-state index in [-0.39, 0.29) is 5.78 Å². The van der Waals surface area contributed by atoms with Crippen LogP contribution in [0.15, 0.2) is 24.3 Å². The van der Waals surface area contributed by atoms with Gasteiger partial charge in [-0.2, -0.15) is 0 Å². The highest BCUT2D eigenvalue weighted by atomic mass is 16.5. The number of rotatable bonds is 3. The maximum atomic E-state index is 10.9. The van der Waals surface area contributed by atoms with Gasteiger partial charge in [0.1, 0.15) is 11.5 Å². The lowest BCUT2D eigenvalue weighted by Crippen LogP contribution is -2.02. The van der Waals surface area contributed by atoms with Gasteiger partial charge in [0.25, 0.3) is 0 Å². The second kappa shape index (κ2) is 3.82. The molecule has 0 saturated heterocycles. The normalized spacial score (nSPS) is 18.8. The van der Waals surface area contributed by atoms with E-state index in [9.17, 15) is 4.79 Å². The fourth-order valence-electron chi connectivity index (χ4n) is 1.85. The maximum Gasteiger partial charge on any atom is 0.129 e. The lowest BCUT2D eigenvalue weighted by atomic mass is 9.95. The van der Waals surface area contributed by atoms with E-state index in [0.29, 0.717) is 12.3 Å². The topological polar surface area (TPSA) is 26.3 Å². The molecule has 14 heavy (non-hydrogen) atoms. The molecule has 0 fully saturated rings. The number of carbonyl (C=O) groups is 1. The van der Waals surface area contributed by atoms with E-state index in [1.165, 1.54) is 5.56 Å². The van der Waals surface area contributed by atoms with Crippen molar-refractivity contribution < 1.29 is 9.53 Å². The number of hydrogen-bond donors (Lipinski definition) is 0. The van der Waals surface area contributed by atoms with E-state index in [4.69, 9.17) is 4.74 Å². The third kappa shape index (κ3) is 1.79. The van der Waals surface area contributed by atoms with E-state index in [0.717, 1.165) is 18.8 Å². The van der Waals surface area contributed by atoms with Gasteiger partial charge in [-0.25, -0.2) is 0 Å². The summed E-state index contributed by atoms with van der Waals surface area (Å²) >= 11 is 0. The molecule has 0 aromatic heterocycles. The highest BCUT2D eigenvalue weighted by Gasteiger charge is 2.23. The molecule has 0 aliphatic carbocycles. The predicted octanol–water partition coefficient (Wildman–Crippen LogP) is 2.53. The van der Waals surface area contributed by atoms with E-state index in [2.05, 4.69) is 6.07 Å². The average Bonchev–Trinajstić information content (AvgIpc) is 2.58. The third-order valence-corrected chi connectivity index (χ3v) is 2.64. The maximum absolute atomic E-state index is 10.9. The van der Waals surface area contributed by atoms with Crippen molar-refractivity contribution >= 4 is 5.78 Å². The summed E-state index contributed by atoms with van der Waals surface area (Å²) in [6.07, 6.45) is 1.56. The first-order chi connectivity index (χ1) is 6.77. The van der Waals surface area contributed by atoms with Crippen LogP contribution in [-0.2, 0) is 4.79 Å². The lowest BCUT2D eigenvalue weighted by molar-refractivity contribution is -0.117. The van der Waals surface area contributed by atoms with Gasteiger partial charge >= 0.3 is 0 Å². The van der Waals surface area contributed by atoms with Gasteiger partial charge in [0.2, 0.25) is 0 Å². The molecule has 2 rings (SSSR count). The van der Waals surface area contributed by atoms with Crippen molar-refractivity contribution in [1.29, 1.82) is 0 Å². The highest BCUT2D eigenvalue weighted by molar-refractivity contribution is 5.75. The zero-order valence-electron chi connectivity index (χ0n) is 8.32. The van der Waals surface area contributed by atoms with Gasteiger partial charge in [-0.3, -0.25) is 0 Å². The van der Waals surface area contributed by atoms with Gasteiger partial charge in [0, 0.05) is 17.9 Å². The Morgan fingerprint density at radius 1 is 1.50 bits per heavy atom. The summed E-state index contributed by atoms with van der Waals surface area (Å²) in [5, 5.41) is 0. The second-order valence-corrected chi connectivity index (χ2v) is 3.79. The van der Waals surface area contributed by atoms with Crippen molar-refractivity contribution in [1.82, 2.24) is 0 Å². The van der Waals surface area contributed by atoms with Gasteiger partial charge in [-0.1, -0.05) is 18.2 Å². The summed E-state index contributed by atoms with van der Waals surface area (Å²) in [5.41, 5.74) is 1.26. The molecule has 1 aliphatic rings. The molecule has 1 aromatic rings. The van der Waals surface area contributed by atoms with Gasteiger partial charge in [0.15, 0.2) is 0 Å². The summed E-state index contributed by atoms with van der Waals surface area (Å²) in [5.74, 6) is 1.66. The lowest BCUT2D eigenvalue weighted by Gasteiger charge is -2.06. The summed E-state index contributed by atoms with van der Waals surface area (Å²) in [6.45, 7) is 2.37. The fraction of sp³-hybridized carbons (Fsp3) is 0.417. The first kappa shape index (κ1) is 9.25. The summed E-state index contributed by atoms with van der Waals surface area (Å²) < 4.78 is 5.53. The molecular weight excluding hydrogens is 176 g/mol. The molecular formula is C12H14O2. The van der Waals surface area contributed by atoms with Crippen LogP contribution in [0.5, 0.6) is 5.75 Å². The van der Waals surface area contributed by atoms with Crippen LogP contribution in [-0.4, -0.2) is 12.4 Å². The van der Waals surface area contributed by atoms with Crippen molar-refractivity contribution in [3.05, 3.63) is 29.8 Å². The Hall–Kier alpha value is -1.31. The zero-order valence-corrected chi connectivity index (χ0v) is 8.32. The molecule has 0 radical (unpaired) electrons. The Bertz CT molecular complexity index is 344. The SMILES string of the molecule is CC(=O)CCC1COc2ccccc21. The number of ketones is 1. The minimum atomic E-state index is 0.259. The summed E-state index contributed by atoms with van der Waals surface area (Å²) in [4.78, 5) is 10.9. The third-order valence-electron chi connectivity index (χ3n) is 2.64. The Morgan fingerprint density at radius 3 is 3.07 bits per heavy atom. The van der Waals surface area contributed by atoms with Crippen LogP contribution in [0, 0.1) is 0 Å². The number of para-hydroxylation sites is 1. The smallest absolute Gasteiger partial charge is 0.129 e. The Morgan fingerprint density at radius 2 is 2.29 bits per heavy atom. The number of hydrogen-bond acceptors (Lipinski definition) is 2. The highest BCUT2D eigenvalue weighted by Crippen LogP contribution is 2.35. The minimum absolute atomic E-state index is 0.259. The van der Waals surface area contributed by atoms with E-state index in [1.54, 1.807) is 6.92 Å². The molecule has 0 saturated carbocycles. The monoisotopic (exact) mass is 190 g/mol. The predicted molar refractivity (Wildman–Crippen MR) is 54.6 cm³/mol. The quantitative estimate of drug-likeness (QED) is 0.732. The molecule has 1 aromatic carbocycles. The fourth-order valence-corrected chi connectivity index (χ4v) is 1.85. The molecule has 74 valence electrons. The van der Waals surface area contributed by atoms with Gasteiger partial charge in [-0.15, -0.1) is 0 Å². The average molecular weight is 190 g/mol. The molecule has 2 nitrogen and oxygen atoms in total. The molecule has 0 spiro atoms. The molecule has 1 atom stereocenters. The largest absolute Gasteiger partial charge is 0.493 e. The number of ether oxygens (including phenoxy) is 1. The van der Waals surface area contributed by atoms with Crippen LogP contribution in [0.3, 0.4) is 0 Å². The van der Waals surface area contributed by atoms with Crippen molar-refractivity contribution in [3.8, 4) is 5.75 Å². The molecule has 1 heterocycles. The number of Topliss-reactive ketones (excluding diaryl/α,β-unsaturated/α-hetero) is 1. The van der Waals surface area contributed by atoms with E-state index < -0.39 is 0 Å². The van der Waals surface area contributed by atoms with Crippen molar-refractivity contribution in [2.45, 2.75) is 25.7 Å². The van der Waals surface area contributed by atoms with E-state index >= 15 is 0 Å². The number of benzene rings is 1. The van der Waals surface area contributed by atoms with Crippen molar-refractivity contribution in [2.24, 2.45) is 0 Å².